The van der Waals surface area contributed by atoms with Crippen LogP contribution in [0, 0.1) is 0 Å². The molecule has 1 aliphatic carbocycles. The van der Waals surface area contributed by atoms with Crippen molar-refractivity contribution < 1.29 is 4.79 Å². The first-order valence-corrected chi connectivity index (χ1v) is 6.89. The molecule has 1 aromatic heterocycles. The van der Waals surface area contributed by atoms with E-state index in [9.17, 15) is 4.79 Å². The average Bonchev–Trinajstić information content (AvgIpc) is 2.84. The van der Waals surface area contributed by atoms with E-state index in [-0.39, 0.29) is 5.54 Å². The fourth-order valence-corrected chi connectivity index (χ4v) is 3.24. The molecule has 1 aliphatic rings. The molecule has 1 saturated carbocycles. The predicted octanol–water partition coefficient (Wildman–Crippen LogP) is 3.24. The van der Waals surface area contributed by atoms with Gasteiger partial charge in [-0.1, -0.05) is 25.3 Å². The lowest BCUT2D eigenvalue weighted by molar-refractivity contribution is 0.0919. The summed E-state index contributed by atoms with van der Waals surface area (Å²) in [5, 5.41) is 5.37. The van der Waals surface area contributed by atoms with Gasteiger partial charge in [0.15, 0.2) is 5.78 Å². The van der Waals surface area contributed by atoms with Gasteiger partial charge in [0.1, 0.15) is 0 Å². The number of ketones is 1. The highest BCUT2D eigenvalue weighted by molar-refractivity contribution is 7.12. The molecule has 1 aromatic rings. The predicted molar refractivity (Wildman–Crippen MR) is 68.1 cm³/mol. The molecule has 2 nitrogen and oxygen atoms in total. The topological polar surface area (TPSA) is 29.1 Å². The first-order valence-electron chi connectivity index (χ1n) is 6.01. The third-order valence-electron chi connectivity index (χ3n) is 3.64. The smallest absolute Gasteiger partial charge is 0.174 e. The van der Waals surface area contributed by atoms with E-state index >= 15 is 0 Å². The second kappa shape index (κ2) is 5.11. The lowest BCUT2D eigenvalue weighted by atomic mass is 9.78. The van der Waals surface area contributed by atoms with Crippen molar-refractivity contribution >= 4 is 17.1 Å². The van der Waals surface area contributed by atoms with Gasteiger partial charge < -0.3 is 5.32 Å². The second-order valence-corrected chi connectivity index (χ2v) is 5.62. The van der Waals surface area contributed by atoms with Gasteiger partial charge in [0.25, 0.3) is 0 Å². The van der Waals surface area contributed by atoms with Crippen LogP contribution in [0.2, 0.25) is 0 Å². The van der Waals surface area contributed by atoms with Crippen molar-refractivity contribution in [3.8, 4) is 0 Å². The highest BCUT2D eigenvalue weighted by atomic mass is 32.1. The van der Waals surface area contributed by atoms with Crippen molar-refractivity contribution in [3.05, 3.63) is 22.4 Å². The molecule has 1 N–H and O–H groups in total. The molecule has 88 valence electrons. The Morgan fingerprint density at radius 3 is 2.75 bits per heavy atom. The molecule has 0 aromatic carbocycles. The first kappa shape index (κ1) is 11.8. The van der Waals surface area contributed by atoms with E-state index in [1.54, 1.807) is 11.3 Å². The number of hydrogen-bond acceptors (Lipinski definition) is 3. The minimum Gasteiger partial charge on any atom is -0.314 e. The Balaban J connectivity index is 2.03. The summed E-state index contributed by atoms with van der Waals surface area (Å²) in [6.45, 7) is 0. The Morgan fingerprint density at radius 1 is 1.44 bits per heavy atom. The number of carbonyl (C=O) groups is 1. The Bertz CT molecular complexity index is 339. The average molecular weight is 237 g/mol. The van der Waals surface area contributed by atoms with E-state index in [0.717, 1.165) is 17.7 Å². The van der Waals surface area contributed by atoms with E-state index in [1.165, 1.54) is 19.3 Å². The van der Waals surface area contributed by atoms with Crippen molar-refractivity contribution in [1.82, 2.24) is 5.32 Å². The van der Waals surface area contributed by atoms with Crippen LogP contribution >= 0.6 is 11.3 Å². The van der Waals surface area contributed by atoms with Crippen LogP contribution in [0.5, 0.6) is 0 Å². The van der Waals surface area contributed by atoms with Gasteiger partial charge in [0.2, 0.25) is 0 Å². The monoisotopic (exact) mass is 237 g/mol. The highest BCUT2D eigenvalue weighted by Crippen LogP contribution is 2.32. The molecule has 0 aliphatic heterocycles. The maximum Gasteiger partial charge on any atom is 0.174 e. The minimum atomic E-state index is 0.0688. The zero-order valence-corrected chi connectivity index (χ0v) is 10.6. The normalized spacial score (nSPS) is 19.6. The van der Waals surface area contributed by atoms with E-state index < -0.39 is 0 Å². The first-order chi connectivity index (χ1) is 7.76. The van der Waals surface area contributed by atoms with Crippen molar-refractivity contribution in [1.29, 1.82) is 0 Å². The number of Topliss-reactive ketones (excluding diaryl/α,β-unsaturated/α-hetero) is 1. The quantitative estimate of drug-likeness (QED) is 0.814. The maximum atomic E-state index is 12.1. The molecular weight excluding hydrogens is 218 g/mol. The van der Waals surface area contributed by atoms with Crippen LogP contribution in [0.15, 0.2) is 17.5 Å². The van der Waals surface area contributed by atoms with Gasteiger partial charge in [-0.15, -0.1) is 11.3 Å². The van der Waals surface area contributed by atoms with Crippen LogP contribution in [0.1, 0.15) is 48.2 Å². The van der Waals surface area contributed by atoms with Gasteiger partial charge in [0.05, 0.1) is 4.88 Å². The molecular formula is C13H19NOS. The zero-order valence-electron chi connectivity index (χ0n) is 9.79. The van der Waals surface area contributed by atoms with Crippen LogP contribution in [-0.4, -0.2) is 18.4 Å². The Morgan fingerprint density at radius 2 is 2.19 bits per heavy atom. The van der Waals surface area contributed by atoms with Crippen LogP contribution in [0.3, 0.4) is 0 Å². The molecule has 2 rings (SSSR count). The number of thiophene rings is 1. The molecule has 0 atom stereocenters. The summed E-state index contributed by atoms with van der Waals surface area (Å²) in [6.07, 6.45) is 6.75. The second-order valence-electron chi connectivity index (χ2n) is 4.67. The number of nitrogens with one attached hydrogen (secondary N) is 1. The molecule has 0 amide bonds. The summed E-state index contributed by atoms with van der Waals surface area (Å²) in [5.74, 6) is 0.297. The van der Waals surface area contributed by atoms with Gasteiger partial charge >= 0.3 is 0 Å². The van der Waals surface area contributed by atoms with Gasteiger partial charge in [-0.25, -0.2) is 0 Å². The van der Waals surface area contributed by atoms with E-state index in [0.29, 0.717) is 12.2 Å². The minimum absolute atomic E-state index is 0.0688. The molecule has 0 spiro atoms. The number of carbonyl (C=O) groups excluding carboxylic acids is 1. The Hall–Kier alpha value is -0.670. The fourth-order valence-electron chi connectivity index (χ4n) is 2.58. The summed E-state index contributed by atoms with van der Waals surface area (Å²) in [4.78, 5) is 13.0. The van der Waals surface area contributed by atoms with Crippen molar-refractivity contribution in [3.63, 3.8) is 0 Å². The Labute approximate surface area is 101 Å². The molecule has 0 unspecified atom stereocenters. The number of hydrogen-bond donors (Lipinski definition) is 1. The molecule has 3 heteroatoms. The lowest BCUT2D eigenvalue weighted by Gasteiger charge is -2.36. The summed E-state index contributed by atoms with van der Waals surface area (Å²) < 4.78 is 0. The van der Waals surface area contributed by atoms with Crippen LogP contribution in [0.25, 0.3) is 0 Å². The molecule has 1 fully saturated rings. The third kappa shape index (κ3) is 2.53. The SMILES string of the molecule is CNC1(CC(=O)c2cccs2)CCCCC1. The van der Waals surface area contributed by atoms with E-state index in [2.05, 4.69) is 5.32 Å². The maximum absolute atomic E-state index is 12.1. The van der Waals surface area contributed by atoms with Crippen LogP contribution in [-0.2, 0) is 0 Å². The van der Waals surface area contributed by atoms with Crippen molar-refractivity contribution in [2.45, 2.75) is 44.1 Å². The molecule has 1 heterocycles. The standard InChI is InChI=1S/C13H19NOS/c1-14-13(7-3-2-4-8-13)10-11(15)12-6-5-9-16-12/h5-6,9,14H,2-4,7-8,10H2,1H3. The molecule has 0 radical (unpaired) electrons. The molecule has 0 saturated heterocycles. The molecule has 0 bridgehead atoms. The molecule has 16 heavy (non-hydrogen) atoms. The summed E-state index contributed by atoms with van der Waals surface area (Å²) in [5.41, 5.74) is 0.0688. The van der Waals surface area contributed by atoms with Gasteiger partial charge in [-0.05, 0) is 31.3 Å². The van der Waals surface area contributed by atoms with Crippen LogP contribution < -0.4 is 5.32 Å². The summed E-state index contributed by atoms with van der Waals surface area (Å²) in [6, 6.07) is 3.88. The van der Waals surface area contributed by atoms with E-state index in [4.69, 9.17) is 0 Å². The van der Waals surface area contributed by atoms with Gasteiger partial charge in [-0.3, -0.25) is 4.79 Å². The highest BCUT2D eigenvalue weighted by Gasteiger charge is 2.32. The van der Waals surface area contributed by atoms with Crippen molar-refractivity contribution in [2.75, 3.05) is 7.05 Å². The summed E-state index contributed by atoms with van der Waals surface area (Å²) in [7, 11) is 1.99. The largest absolute Gasteiger partial charge is 0.314 e. The lowest BCUT2D eigenvalue weighted by Crippen LogP contribution is -2.46. The van der Waals surface area contributed by atoms with Crippen LogP contribution in [0.4, 0.5) is 0 Å². The van der Waals surface area contributed by atoms with Crippen molar-refractivity contribution in [2.24, 2.45) is 0 Å². The van der Waals surface area contributed by atoms with E-state index in [1.807, 2.05) is 24.6 Å². The Kier molecular flexibility index (Phi) is 3.77. The fraction of sp³-hybridized carbons (Fsp3) is 0.615. The number of rotatable bonds is 4. The van der Waals surface area contributed by atoms with Gasteiger partial charge in [-0.2, -0.15) is 0 Å². The third-order valence-corrected chi connectivity index (χ3v) is 4.55. The van der Waals surface area contributed by atoms with Gasteiger partial charge in [0, 0.05) is 12.0 Å². The summed E-state index contributed by atoms with van der Waals surface area (Å²) >= 11 is 1.55. The zero-order chi connectivity index (χ0) is 11.4.